The molecule has 1 fully saturated rings. The largest absolute Gasteiger partial charge is 0.355 e. The number of amides is 1. The Bertz CT molecular complexity index is 515. The van der Waals surface area contributed by atoms with E-state index in [4.69, 9.17) is 0 Å². The minimum absolute atomic E-state index is 0.0319. The lowest BCUT2D eigenvalue weighted by Gasteiger charge is -2.17. The fraction of sp³-hybridized carbons (Fsp3) is 0.870. The SMILES string of the molecule is CC(C)CC(=O)C1CCCCNC(=O)CN(C)CC(=O)CCCCCCCSSC1. The molecule has 0 aromatic carbocycles. The van der Waals surface area contributed by atoms with Crippen LogP contribution in [-0.4, -0.2) is 60.6 Å². The molecular weight excluding hydrogens is 416 g/mol. The molecule has 5 nitrogen and oxygen atoms in total. The number of rotatable bonds is 3. The second-order valence-corrected chi connectivity index (χ2v) is 11.6. The summed E-state index contributed by atoms with van der Waals surface area (Å²) in [5.74, 6) is 3.15. The van der Waals surface area contributed by atoms with Crippen LogP contribution in [-0.2, 0) is 14.4 Å². The maximum absolute atomic E-state index is 12.6. The summed E-state index contributed by atoms with van der Waals surface area (Å²) in [4.78, 5) is 38.6. The van der Waals surface area contributed by atoms with Crippen LogP contribution in [0, 0.1) is 11.8 Å². The Kier molecular flexibility index (Phi) is 15.7. The lowest BCUT2D eigenvalue weighted by molar-refractivity contribution is -0.124. The van der Waals surface area contributed by atoms with Crippen molar-refractivity contribution in [1.29, 1.82) is 0 Å². The minimum Gasteiger partial charge on any atom is -0.355 e. The van der Waals surface area contributed by atoms with Gasteiger partial charge in [0.15, 0.2) is 0 Å². The molecule has 1 atom stereocenters. The van der Waals surface area contributed by atoms with Gasteiger partial charge in [0.1, 0.15) is 11.6 Å². The molecule has 0 aliphatic carbocycles. The van der Waals surface area contributed by atoms with Crippen LogP contribution in [0.5, 0.6) is 0 Å². The zero-order chi connectivity index (χ0) is 22.2. The molecular formula is C23H42N2O3S2. The normalized spacial score (nSPS) is 23.5. The number of Topliss-reactive ketones (excluding diaryl/α,β-unsaturated/α-hetero) is 2. The molecule has 0 spiro atoms. The first-order valence-corrected chi connectivity index (χ1v) is 14.1. The van der Waals surface area contributed by atoms with Gasteiger partial charge in [0.25, 0.3) is 0 Å². The van der Waals surface area contributed by atoms with Gasteiger partial charge >= 0.3 is 0 Å². The summed E-state index contributed by atoms with van der Waals surface area (Å²) >= 11 is 0. The quantitative estimate of drug-likeness (QED) is 0.616. The molecule has 1 aliphatic rings. The van der Waals surface area contributed by atoms with Crippen LogP contribution in [0.2, 0.25) is 0 Å². The molecule has 1 heterocycles. The Balaban J connectivity index is 2.52. The van der Waals surface area contributed by atoms with Crippen LogP contribution < -0.4 is 5.32 Å². The van der Waals surface area contributed by atoms with E-state index in [-0.39, 0.29) is 24.2 Å². The number of carbonyl (C=O) groups excluding carboxylic acids is 3. The molecule has 1 saturated heterocycles. The van der Waals surface area contributed by atoms with E-state index in [2.05, 4.69) is 19.2 Å². The third-order valence-electron chi connectivity index (χ3n) is 5.26. The third-order valence-corrected chi connectivity index (χ3v) is 7.83. The zero-order valence-corrected chi connectivity index (χ0v) is 20.9. The molecule has 0 saturated carbocycles. The third kappa shape index (κ3) is 14.5. The monoisotopic (exact) mass is 458 g/mol. The van der Waals surface area contributed by atoms with Crippen molar-refractivity contribution in [2.24, 2.45) is 11.8 Å². The maximum atomic E-state index is 12.6. The van der Waals surface area contributed by atoms with Crippen molar-refractivity contribution in [2.75, 3.05) is 38.2 Å². The molecule has 1 N–H and O–H groups in total. The van der Waals surface area contributed by atoms with Gasteiger partial charge in [-0.05, 0) is 38.6 Å². The summed E-state index contributed by atoms with van der Waals surface area (Å²) in [6.45, 7) is 5.45. The van der Waals surface area contributed by atoms with Crippen molar-refractivity contribution >= 4 is 39.1 Å². The Labute approximate surface area is 191 Å². The smallest absolute Gasteiger partial charge is 0.234 e. The van der Waals surface area contributed by atoms with Gasteiger partial charge < -0.3 is 5.32 Å². The molecule has 0 radical (unpaired) electrons. The van der Waals surface area contributed by atoms with Gasteiger partial charge in [0.2, 0.25) is 5.91 Å². The van der Waals surface area contributed by atoms with E-state index >= 15 is 0 Å². The number of nitrogens with one attached hydrogen (secondary N) is 1. The fourth-order valence-corrected chi connectivity index (χ4v) is 6.13. The van der Waals surface area contributed by atoms with Gasteiger partial charge in [-0.2, -0.15) is 0 Å². The Morgan fingerprint density at radius 1 is 1.03 bits per heavy atom. The van der Waals surface area contributed by atoms with Crippen LogP contribution in [0.4, 0.5) is 0 Å². The number of likely N-dealkylation sites (N-methyl/N-ethyl adjacent to an activating group) is 1. The lowest BCUT2D eigenvalue weighted by Crippen LogP contribution is -2.37. The van der Waals surface area contributed by atoms with Crippen molar-refractivity contribution in [3.63, 3.8) is 0 Å². The summed E-state index contributed by atoms with van der Waals surface area (Å²) < 4.78 is 0. The van der Waals surface area contributed by atoms with Gasteiger partial charge in [-0.3, -0.25) is 19.3 Å². The van der Waals surface area contributed by atoms with Crippen LogP contribution in [0.15, 0.2) is 0 Å². The maximum Gasteiger partial charge on any atom is 0.234 e. The average Bonchev–Trinajstić information content (AvgIpc) is 2.65. The Morgan fingerprint density at radius 2 is 1.77 bits per heavy atom. The minimum atomic E-state index is -0.0319. The molecule has 7 heteroatoms. The number of nitrogens with zero attached hydrogens (tertiary/aromatic N) is 1. The first-order valence-electron chi connectivity index (χ1n) is 11.6. The van der Waals surface area contributed by atoms with Gasteiger partial charge in [-0.1, -0.05) is 61.1 Å². The number of carbonyl (C=O) groups is 3. The first kappa shape index (κ1) is 27.5. The Morgan fingerprint density at radius 3 is 2.53 bits per heavy atom. The molecule has 174 valence electrons. The van der Waals surface area contributed by atoms with E-state index < -0.39 is 0 Å². The molecule has 1 aliphatic heterocycles. The lowest BCUT2D eigenvalue weighted by atomic mass is 9.93. The zero-order valence-electron chi connectivity index (χ0n) is 19.2. The van der Waals surface area contributed by atoms with Crippen molar-refractivity contribution in [2.45, 2.75) is 78.1 Å². The molecule has 1 rings (SSSR count). The highest BCUT2D eigenvalue weighted by Gasteiger charge is 2.19. The van der Waals surface area contributed by atoms with Crippen LogP contribution in [0.1, 0.15) is 78.1 Å². The predicted octanol–water partition coefficient (Wildman–Crippen LogP) is 4.74. The summed E-state index contributed by atoms with van der Waals surface area (Å²) in [6, 6.07) is 0. The van der Waals surface area contributed by atoms with E-state index in [0.717, 1.165) is 43.6 Å². The first-order chi connectivity index (χ1) is 14.4. The highest BCUT2D eigenvalue weighted by Crippen LogP contribution is 2.29. The Hall–Kier alpha value is -0.530. The second kappa shape index (κ2) is 17.1. The van der Waals surface area contributed by atoms with E-state index in [9.17, 15) is 14.4 Å². The predicted molar refractivity (Wildman–Crippen MR) is 130 cm³/mol. The van der Waals surface area contributed by atoms with Crippen LogP contribution in [0.25, 0.3) is 0 Å². The van der Waals surface area contributed by atoms with E-state index in [1.807, 2.05) is 28.6 Å². The van der Waals surface area contributed by atoms with Gasteiger partial charge in [-0.15, -0.1) is 0 Å². The standard InChI is InChI=1S/C23H42N2O3S2/c1-19(2)15-22(27)20-11-8-9-13-24-23(28)17-25(3)16-21(26)12-7-5-4-6-10-14-29-30-18-20/h19-20H,4-18H2,1-3H3,(H,24,28). The van der Waals surface area contributed by atoms with Crippen molar-refractivity contribution < 1.29 is 14.4 Å². The van der Waals surface area contributed by atoms with E-state index in [1.165, 1.54) is 19.3 Å². The summed E-state index contributed by atoms with van der Waals surface area (Å²) in [5.41, 5.74) is 0. The van der Waals surface area contributed by atoms with Crippen molar-refractivity contribution in [1.82, 2.24) is 10.2 Å². The van der Waals surface area contributed by atoms with Crippen LogP contribution >= 0.6 is 21.6 Å². The summed E-state index contributed by atoms with van der Waals surface area (Å²) in [6.07, 6.45) is 9.64. The second-order valence-electron chi connectivity index (χ2n) is 8.94. The topological polar surface area (TPSA) is 66.5 Å². The van der Waals surface area contributed by atoms with Gasteiger partial charge in [0, 0.05) is 36.8 Å². The van der Waals surface area contributed by atoms with Crippen molar-refractivity contribution in [3.8, 4) is 0 Å². The fourth-order valence-electron chi connectivity index (χ4n) is 3.59. The highest BCUT2D eigenvalue weighted by atomic mass is 33.1. The van der Waals surface area contributed by atoms with Crippen LogP contribution in [0.3, 0.4) is 0 Å². The molecule has 0 aromatic rings. The molecule has 0 aromatic heterocycles. The highest BCUT2D eigenvalue weighted by molar-refractivity contribution is 8.76. The average molecular weight is 459 g/mol. The van der Waals surface area contributed by atoms with E-state index in [1.54, 1.807) is 4.90 Å². The van der Waals surface area contributed by atoms with Gasteiger partial charge in [-0.25, -0.2) is 0 Å². The molecule has 0 bridgehead atoms. The molecule has 1 unspecified atom stereocenters. The summed E-state index contributed by atoms with van der Waals surface area (Å²) in [7, 11) is 5.57. The number of ketones is 2. The number of hydrogen-bond acceptors (Lipinski definition) is 6. The van der Waals surface area contributed by atoms with Gasteiger partial charge in [0.05, 0.1) is 13.1 Å². The number of hydrogen-bond donors (Lipinski definition) is 1. The van der Waals surface area contributed by atoms with Crippen molar-refractivity contribution in [3.05, 3.63) is 0 Å². The molecule has 30 heavy (non-hydrogen) atoms. The summed E-state index contributed by atoms with van der Waals surface area (Å²) in [5, 5.41) is 2.95. The molecule has 1 amide bonds. The van der Waals surface area contributed by atoms with E-state index in [0.29, 0.717) is 37.6 Å².